The van der Waals surface area contributed by atoms with E-state index in [0.717, 1.165) is 24.7 Å². The van der Waals surface area contributed by atoms with Gasteiger partial charge in [-0.3, -0.25) is 0 Å². The molecule has 140 valence electrons. The van der Waals surface area contributed by atoms with Crippen LogP contribution in [-0.2, 0) is 10.0 Å². The maximum Gasteiger partial charge on any atom is 0.245 e. The third kappa shape index (κ3) is 2.70. The predicted octanol–water partition coefficient (Wildman–Crippen LogP) is 2.12. The molecule has 3 aromatic rings. The monoisotopic (exact) mass is 405 g/mol. The number of anilines is 1. The Balaban J connectivity index is 1.46. The smallest absolute Gasteiger partial charge is 0.245 e. The molecule has 2 saturated heterocycles. The highest BCUT2D eigenvalue weighted by atomic mass is 32.2. The number of benzene rings is 1. The molecule has 7 nitrogen and oxygen atoms in total. The van der Waals surface area contributed by atoms with Crippen molar-refractivity contribution in [2.45, 2.75) is 17.4 Å². The molecular weight excluding hydrogens is 389 g/mol. The molecule has 1 aromatic carbocycles. The van der Waals surface area contributed by atoms with Crippen molar-refractivity contribution in [1.82, 2.24) is 18.0 Å². The molecule has 4 heterocycles. The third-order valence-corrected chi connectivity index (χ3v) is 7.87. The zero-order valence-electron chi connectivity index (χ0n) is 14.2. The minimum Gasteiger partial charge on any atom is -0.355 e. The average Bonchev–Trinajstić information content (AvgIpc) is 3.36. The lowest BCUT2D eigenvalue weighted by Gasteiger charge is -2.24. The van der Waals surface area contributed by atoms with Gasteiger partial charge in [0, 0.05) is 25.7 Å². The first kappa shape index (κ1) is 17.0. The first-order valence-corrected chi connectivity index (χ1v) is 10.8. The normalized spacial score (nSPS) is 23.2. The Morgan fingerprint density at radius 1 is 1.15 bits per heavy atom. The second-order valence-electron chi connectivity index (χ2n) is 6.86. The second-order valence-corrected chi connectivity index (χ2v) is 9.25. The fourth-order valence-electron chi connectivity index (χ4n) is 4.08. The van der Waals surface area contributed by atoms with Gasteiger partial charge in [-0.2, -0.15) is 13.1 Å². The molecule has 2 unspecified atom stereocenters. The first-order chi connectivity index (χ1) is 13.0. The van der Waals surface area contributed by atoms with Crippen LogP contribution in [0.1, 0.15) is 6.42 Å². The summed E-state index contributed by atoms with van der Waals surface area (Å²) in [6.07, 6.45) is 1.99. The molecule has 2 aliphatic rings. The Bertz CT molecular complexity index is 1100. The van der Waals surface area contributed by atoms with Crippen molar-refractivity contribution < 1.29 is 12.8 Å². The van der Waals surface area contributed by atoms with Crippen molar-refractivity contribution in [3.8, 4) is 0 Å². The minimum absolute atomic E-state index is 0.122. The molecule has 2 aromatic heterocycles. The maximum atomic E-state index is 13.4. The summed E-state index contributed by atoms with van der Waals surface area (Å²) in [5.74, 6) is 0.528. The summed E-state index contributed by atoms with van der Waals surface area (Å²) in [4.78, 5) is 6.38. The fourth-order valence-corrected chi connectivity index (χ4v) is 6.53. The maximum absolute atomic E-state index is 13.4. The van der Waals surface area contributed by atoms with Crippen molar-refractivity contribution in [3.63, 3.8) is 0 Å². The highest BCUT2D eigenvalue weighted by Gasteiger charge is 2.47. The van der Waals surface area contributed by atoms with Crippen LogP contribution < -0.4 is 4.90 Å². The van der Waals surface area contributed by atoms with E-state index in [4.69, 9.17) is 0 Å². The summed E-state index contributed by atoms with van der Waals surface area (Å²) in [5.41, 5.74) is 1.03. The molecule has 10 heteroatoms. The lowest BCUT2D eigenvalue weighted by molar-refractivity contribution is 0.385. The number of sulfonamides is 1. The molecule has 0 saturated carbocycles. The molecule has 0 N–H and O–H groups in total. The molecule has 5 rings (SSSR count). The third-order valence-electron chi connectivity index (χ3n) is 5.37. The number of pyridine rings is 1. The Morgan fingerprint density at radius 2 is 2.04 bits per heavy atom. The summed E-state index contributed by atoms with van der Waals surface area (Å²) in [6, 6.07) is 7.96. The van der Waals surface area contributed by atoms with E-state index in [1.54, 1.807) is 28.6 Å². The van der Waals surface area contributed by atoms with Crippen LogP contribution in [0.3, 0.4) is 0 Å². The molecule has 0 radical (unpaired) electrons. The van der Waals surface area contributed by atoms with E-state index in [1.165, 1.54) is 12.3 Å². The van der Waals surface area contributed by atoms with Gasteiger partial charge >= 0.3 is 0 Å². The first-order valence-electron chi connectivity index (χ1n) is 8.64. The molecule has 2 fully saturated rings. The summed E-state index contributed by atoms with van der Waals surface area (Å²) >= 11 is 1.01. The molecule has 0 amide bonds. The van der Waals surface area contributed by atoms with Crippen molar-refractivity contribution in [2.75, 3.05) is 24.5 Å². The standard InChI is InChI=1S/C17H16FN5O2S2/c18-12-4-5-16(19-8-12)22-9-11-6-7-23(14(11)10-22)27(24,25)15-3-1-2-13-17(15)21-26-20-13/h1-5,8,11,14H,6-7,9-10H2. The van der Waals surface area contributed by atoms with Crippen molar-refractivity contribution in [1.29, 1.82) is 0 Å². The average molecular weight is 405 g/mol. The summed E-state index contributed by atoms with van der Waals surface area (Å²) in [6.45, 7) is 1.77. The fraction of sp³-hybridized carbons (Fsp3) is 0.353. The number of aromatic nitrogens is 3. The lowest BCUT2D eigenvalue weighted by atomic mass is 10.1. The Kier molecular flexibility index (Phi) is 3.88. The molecule has 27 heavy (non-hydrogen) atoms. The van der Waals surface area contributed by atoms with E-state index in [9.17, 15) is 12.8 Å². The van der Waals surface area contributed by atoms with Crippen LogP contribution in [0.2, 0.25) is 0 Å². The van der Waals surface area contributed by atoms with Gasteiger partial charge in [-0.1, -0.05) is 6.07 Å². The highest BCUT2D eigenvalue weighted by Crippen LogP contribution is 2.37. The molecule has 0 spiro atoms. The number of halogens is 1. The van der Waals surface area contributed by atoms with Crippen LogP contribution in [0, 0.1) is 11.7 Å². The van der Waals surface area contributed by atoms with Crippen LogP contribution in [0.4, 0.5) is 10.2 Å². The number of nitrogens with zero attached hydrogens (tertiary/aromatic N) is 5. The predicted molar refractivity (Wildman–Crippen MR) is 99.6 cm³/mol. The molecule has 0 aliphatic carbocycles. The molecular formula is C17H16FN5O2S2. The molecule has 2 atom stereocenters. The number of hydrogen-bond acceptors (Lipinski definition) is 7. The Labute approximate surface area is 159 Å². The van der Waals surface area contributed by atoms with Gasteiger partial charge in [0.15, 0.2) is 0 Å². The quantitative estimate of drug-likeness (QED) is 0.664. The number of hydrogen-bond donors (Lipinski definition) is 0. The SMILES string of the molecule is O=S(=O)(c1cccc2nsnc12)N1CCC2CN(c3ccc(F)cn3)CC21. The summed E-state index contributed by atoms with van der Waals surface area (Å²) in [7, 11) is -3.67. The summed E-state index contributed by atoms with van der Waals surface area (Å²) < 4.78 is 49.8. The zero-order valence-corrected chi connectivity index (χ0v) is 15.8. The van der Waals surface area contributed by atoms with E-state index in [-0.39, 0.29) is 22.7 Å². The van der Waals surface area contributed by atoms with Crippen LogP contribution in [0.5, 0.6) is 0 Å². The van der Waals surface area contributed by atoms with Gasteiger partial charge in [0.1, 0.15) is 27.6 Å². The van der Waals surface area contributed by atoms with Gasteiger partial charge in [0.2, 0.25) is 10.0 Å². The molecule has 0 bridgehead atoms. The minimum atomic E-state index is -3.67. The van der Waals surface area contributed by atoms with Crippen molar-refractivity contribution >= 4 is 38.6 Å². The van der Waals surface area contributed by atoms with Gasteiger partial charge in [-0.25, -0.2) is 17.8 Å². The van der Waals surface area contributed by atoms with Gasteiger partial charge in [-0.05, 0) is 36.6 Å². The largest absolute Gasteiger partial charge is 0.355 e. The van der Waals surface area contributed by atoms with E-state index in [1.807, 2.05) is 4.90 Å². The van der Waals surface area contributed by atoms with E-state index in [2.05, 4.69) is 13.7 Å². The van der Waals surface area contributed by atoms with Crippen molar-refractivity contribution in [2.24, 2.45) is 5.92 Å². The highest BCUT2D eigenvalue weighted by molar-refractivity contribution is 7.89. The van der Waals surface area contributed by atoms with Gasteiger partial charge in [0.05, 0.1) is 17.9 Å². The van der Waals surface area contributed by atoms with Crippen LogP contribution in [-0.4, -0.2) is 52.1 Å². The van der Waals surface area contributed by atoms with E-state index >= 15 is 0 Å². The zero-order chi connectivity index (χ0) is 18.6. The van der Waals surface area contributed by atoms with Gasteiger partial charge in [-0.15, -0.1) is 0 Å². The van der Waals surface area contributed by atoms with E-state index < -0.39 is 10.0 Å². The number of fused-ring (bicyclic) bond motifs is 2. The summed E-state index contributed by atoms with van der Waals surface area (Å²) in [5, 5.41) is 0. The topological polar surface area (TPSA) is 79.3 Å². The van der Waals surface area contributed by atoms with Crippen LogP contribution in [0.15, 0.2) is 41.4 Å². The van der Waals surface area contributed by atoms with Gasteiger partial charge < -0.3 is 4.90 Å². The van der Waals surface area contributed by atoms with Crippen LogP contribution in [0.25, 0.3) is 11.0 Å². The van der Waals surface area contributed by atoms with Crippen molar-refractivity contribution in [3.05, 3.63) is 42.3 Å². The van der Waals surface area contributed by atoms with Gasteiger partial charge in [0.25, 0.3) is 0 Å². The van der Waals surface area contributed by atoms with Crippen LogP contribution >= 0.6 is 11.7 Å². The molecule has 2 aliphatic heterocycles. The van der Waals surface area contributed by atoms with E-state index in [0.29, 0.717) is 29.9 Å². The Hall–Kier alpha value is -2.17. The number of rotatable bonds is 3. The lowest BCUT2D eigenvalue weighted by Crippen LogP contribution is -2.39. The second kappa shape index (κ2) is 6.18. The Morgan fingerprint density at radius 3 is 2.85 bits per heavy atom.